The average Bonchev–Trinajstić information content (AvgIpc) is 3.05. The van der Waals surface area contributed by atoms with E-state index in [1.807, 2.05) is 0 Å². The molecule has 2 aromatic carbocycles. The smallest absolute Gasteiger partial charge is 0.259 e. The van der Waals surface area contributed by atoms with Gasteiger partial charge in [-0.25, -0.2) is 0 Å². The lowest BCUT2D eigenvalue weighted by Gasteiger charge is -2.07. The summed E-state index contributed by atoms with van der Waals surface area (Å²) in [5.41, 5.74) is 1.40. The molecule has 1 heterocycles. The first kappa shape index (κ1) is 14.1. The highest BCUT2D eigenvalue weighted by Crippen LogP contribution is 2.23. The van der Waals surface area contributed by atoms with E-state index in [0.29, 0.717) is 16.6 Å². The van der Waals surface area contributed by atoms with Gasteiger partial charge in [-0.3, -0.25) is 4.79 Å². The summed E-state index contributed by atoms with van der Waals surface area (Å²) in [5, 5.41) is 20.1. The number of halogens is 1. The molecule has 0 radical (unpaired) electrons. The first-order valence-corrected chi connectivity index (χ1v) is 6.68. The second-order valence-electron chi connectivity index (χ2n) is 4.44. The van der Waals surface area contributed by atoms with E-state index >= 15 is 0 Å². The molecule has 0 saturated carbocycles. The van der Waals surface area contributed by atoms with E-state index in [2.05, 4.69) is 15.5 Å². The molecule has 0 aliphatic rings. The molecular formula is C15H10ClN3O3. The highest BCUT2D eigenvalue weighted by Gasteiger charge is 2.12. The van der Waals surface area contributed by atoms with E-state index in [1.54, 1.807) is 24.3 Å². The second-order valence-corrected chi connectivity index (χ2v) is 4.87. The van der Waals surface area contributed by atoms with Crippen LogP contribution in [-0.2, 0) is 0 Å². The predicted octanol–water partition coefficient (Wildman–Crippen LogP) is 3.35. The third-order valence-electron chi connectivity index (χ3n) is 2.95. The highest BCUT2D eigenvalue weighted by molar-refractivity contribution is 6.31. The summed E-state index contributed by atoms with van der Waals surface area (Å²) in [7, 11) is 0. The Bertz CT molecular complexity index is 801. The molecule has 0 aliphatic carbocycles. The van der Waals surface area contributed by atoms with Crippen molar-refractivity contribution in [2.45, 2.75) is 0 Å². The van der Waals surface area contributed by atoms with E-state index in [-0.39, 0.29) is 11.3 Å². The van der Waals surface area contributed by atoms with Crippen LogP contribution in [-0.4, -0.2) is 21.2 Å². The zero-order valence-corrected chi connectivity index (χ0v) is 11.9. The number of hydrogen-bond acceptors (Lipinski definition) is 5. The molecule has 0 spiro atoms. The average molecular weight is 316 g/mol. The summed E-state index contributed by atoms with van der Waals surface area (Å²) >= 11 is 5.83. The minimum atomic E-state index is -0.453. The molecule has 1 aromatic heterocycles. The minimum Gasteiger partial charge on any atom is -0.507 e. The molecule has 0 saturated heterocycles. The van der Waals surface area contributed by atoms with Gasteiger partial charge in [-0.1, -0.05) is 11.6 Å². The summed E-state index contributed by atoms with van der Waals surface area (Å²) in [6, 6.07) is 11.1. The fourth-order valence-corrected chi connectivity index (χ4v) is 2.06. The Morgan fingerprint density at radius 3 is 2.64 bits per heavy atom. The van der Waals surface area contributed by atoms with Gasteiger partial charge in [0.05, 0.1) is 5.56 Å². The number of amides is 1. The predicted molar refractivity (Wildman–Crippen MR) is 80.8 cm³/mol. The maximum atomic E-state index is 12.1. The Morgan fingerprint density at radius 2 is 1.95 bits per heavy atom. The van der Waals surface area contributed by atoms with Crippen molar-refractivity contribution in [2.24, 2.45) is 0 Å². The number of phenolic OH excluding ortho intramolecular Hbond substituents is 1. The van der Waals surface area contributed by atoms with Gasteiger partial charge in [-0.05, 0) is 42.5 Å². The van der Waals surface area contributed by atoms with Crippen molar-refractivity contribution in [1.29, 1.82) is 0 Å². The lowest BCUT2D eigenvalue weighted by molar-refractivity contribution is 0.102. The Labute approximate surface area is 130 Å². The molecule has 3 aromatic rings. The number of phenols is 1. The van der Waals surface area contributed by atoms with Gasteiger partial charge in [0.15, 0.2) is 0 Å². The number of carbonyl (C=O) groups is 1. The number of hydrogen-bond donors (Lipinski definition) is 2. The van der Waals surface area contributed by atoms with E-state index in [4.69, 9.17) is 16.0 Å². The largest absolute Gasteiger partial charge is 0.507 e. The topological polar surface area (TPSA) is 88.3 Å². The van der Waals surface area contributed by atoms with Gasteiger partial charge in [0, 0.05) is 16.3 Å². The van der Waals surface area contributed by atoms with Crippen LogP contribution in [0.5, 0.6) is 5.75 Å². The Balaban J connectivity index is 1.78. The number of nitrogens with one attached hydrogen (secondary N) is 1. The molecular weight excluding hydrogens is 306 g/mol. The van der Waals surface area contributed by atoms with E-state index in [0.717, 1.165) is 5.56 Å². The third kappa shape index (κ3) is 2.91. The van der Waals surface area contributed by atoms with Crippen molar-refractivity contribution in [2.75, 3.05) is 5.32 Å². The van der Waals surface area contributed by atoms with Crippen LogP contribution in [0.1, 0.15) is 10.4 Å². The number of anilines is 1. The van der Waals surface area contributed by atoms with Gasteiger partial charge in [-0.15, -0.1) is 10.2 Å². The number of rotatable bonds is 3. The molecule has 0 unspecified atom stereocenters. The summed E-state index contributed by atoms with van der Waals surface area (Å²) < 4.78 is 5.08. The van der Waals surface area contributed by atoms with Crippen LogP contribution >= 0.6 is 11.6 Å². The molecule has 6 nitrogen and oxygen atoms in total. The second kappa shape index (κ2) is 5.87. The number of carbonyl (C=O) groups excluding carboxylic acids is 1. The van der Waals surface area contributed by atoms with Gasteiger partial charge < -0.3 is 14.8 Å². The van der Waals surface area contributed by atoms with Gasteiger partial charge in [0.1, 0.15) is 5.75 Å². The third-order valence-corrected chi connectivity index (χ3v) is 3.19. The maximum Gasteiger partial charge on any atom is 0.259 e. The molecule has 7 heteroatoms. The molecule has 0 aliphatic heterocycles. The molecule has 22 heavy (non-hydrogen) atoms. The lowest BCUT2D eigenvalue weighted by Crippen LogP contribution is -2.12. The van der Waals surface area contributed by atoms with Crippen LogP contribution < -0.4 is 5.32 Å². The zero-order valence-electron chi connectivity index (χ0n) is 11.2. The molecule has 0 bridgehead atoms. The van der Waals surface area contributed by atoms with Crippen molar-refractivity contribution in [3.63, 3.8) is 0 Å². The van der Waals surface area contributed by atoms with E-state index in [1.165, 1.54) is 24.6 Å². The van der Waals surface area contributed by atoms with Crippen LogP contribution in [0.15, 0.2) is 53.3 Å². The highest BCUT2D eigenvalue weighted by atomic mass is 35.5. The van der Waals surface area contributed by atoms with Gasteiger partial charge >= 0.3 is 0 Å². The van der Waals surface area contributed by atoms with Crippen molar-refractivity contribution >= 4 is 23.2 Å². The van der Waals surface area contributed by atoms with Crippen LogP contribution in [0.3, 0.4) is 0 Å². The zero-order chi connectivity index (χ0) is 15.5. The Morgan fingerprint density at radius 1 is 1.18 bits per heavy atom. The Kier molecular flexibility index (Phi) is 3.76. The molecule has 2 N–H and O–H groups in total. The van der Waals surface area contributed by atoms with Gasteiger partial charge in [0.2, 0.25) is 12.3 Å². The number of nitrogens with zero attached hydrogens (tertiary/aromatic N) is 2. The summed E-state index contributed by atoms with van der Waals surface area (Å²) in [5.74, 6) is -0.194. The number of benzene rings is 2. The molecule has 110 valence electrons. The standard InChI is InChI=1S/C15H10ClN3O3/c16-10-3-6-13(20)12(7-10)14(21)18-11-4-1-9(2-5-11)15-19-17-8-22-15/h1-8,20H,(H,18,21). The summed E-state index contributed by atoms with van der Waals surface area (Å²) in [4.78, 5) is 12.1. The number of aromatic hydroxyl groups is 1. The fraction of sp³-hybridized carbons (Fsp3) is 0. The summed E-state index contributed by atoms with van der Waals surface area (Å²) in [6.07, 6.45) is 1.24. The first-order chi connectivity index (χ1) is 10.6. The van der Waals surface area contributed by atoms with Gasteiger partial charge in [0.25, 0.3) is 5.91 Å². The maximum absolute atomic E-state index is 12.1. The van der Waals surface area contributed by atoms with Gasteiger partial charge in [-0.2, -0.15) is 0 Å². The SMILES string of the molecule is O=C(Nc1ccc(-c2nnco2)cc1)c1cc(Cl)ccc1O. The summed E-state index contributed by atoms with van der Waals surface area (Å²) in [6.45, 7) is 0. The van der Waals surface area contributed by atoms with Crippen LogP contribution in [0, 0.1) is 0 Å². The van der Waals surface area contributed by atoms with E-state index < -0.39 is 5.91 Å². The van der Waals surface area contributed by atoms with Crippen molar-refractivity contribution in [1.82, 2.24) is 10.2 Å². The molecule has 0 atom stereocenters. The van der Waals surface area contributed by atoms with Crippen molar-refractivity contribution in [3.05, 3.63) is 59.4 Å². The van der Waals surface area contributed by atoms with Crippen molar-refractivity contribution in [3.8, 4) is 17.2 Å². The van der Waals surface area contributed by atoms with Crippen LogP contribution in [0.4, 0.5) is 5.69 Å². The van der Waals surface area contributed by atoms with Crippen molar-refractivity contribution < 1.29 is 14.3 Å². The monoisotopic (exact) mass is 315 g/mol. The Hall–Kier alpha value is -2.86. The quantitative estimate of drug-likeness (QED) is 0.773. The van der Waals surface area contributed by atoms with Crippen LogP contribution in [0.25, 0.3) is 11.5 Å². The number of aromatic nitrogens is 2. The first-order valence-electron chi connectivity index (χ1n) is 6.30. The lowest BCUT2D eigenvalue weighted by atomic mass is 10.1. The minimum absolute atomic E-state index is 0.105. The normalized spacial score (nSPS) is 10.4. The molecule has 0 fully saturated rings. The molecule has 3 rings (SSSR count). The van der Waals surface area contributed by atoms with Crippen LogP contribution in [0.2, 0.25) is 5.02 Å². The molecule has 1 amide bonds. The van der Waals surface area contributed by atoms with E-state index in [9.17, 15) is 9.90 Å². The fourth-order valence-electron chi connectivity index (χ4n) is 1.88.